The van der Waals surface area contributed by atoms with Crippen LogP contribution in [0.25, 0.3) is 0 Å². The zero-order chi connectivity index (χ0) is 16.2. The summed E-state index contributed by atoms with van der Waals surface area (Å²) in [5, 5.41) is 2.80. The van der Waals surface area contributed by atoms with Gasteiger partial charge in [-0.2, -0.15) is 0 Å². The lowest BCUT2D eigenvalue weighted by atomic mass is 10.2. The zero-order valence-corrected chi connectivity index (χ0v) is 13.7. The molecule has 0 bridgehead atoms. The number of hydrogen-bond donors (Lipinski definition) is 2. The monoisotopic (exact) mass is 326 g/mol. The highest BCUT2D eigenvalue weighted by atomic mass is 32.2. The molecular weight excluding hydrogens is 304 g/mol. The highest BCUT2D eigenvalue weighted by Gasteiger charge is 2.18. The van der Waals surface area contributed by atoms with Crippen LogP contribution in [0.3, 0.4) is 0 Å². The summed E-state index contributed by atoms with van der Waals surface area (Å²) in [7, 11) is -3.53. The molecule has 1 aliphatic rings. The van der Waals surface area contributed by atoms with Gasteiger partial charge in [-0.05, 0) is 51.0 Å². The van der Waals surface area contributed by atoms with Crippen molar-refractivity contribution in [3.05, 3.63) is 29.8 Å². The third kappa shape index (κ3) is 4.53. The van der Waals surface area contributed by atoms with E-state index in [2.05, 4.69) is 10.0 Å². The molecule has 1 aliphatic heterocycles. The molecule has 0 radical (unpaired) electrons. The van der Waals surface area contributed by atoms with Gasteiger partial charge in [0.15, 0.2) is 0 Å². The van der Waals surface area contributed by atoms with Crippen LogP contribution in [0.15, 0.2) is 29.2 Å². The van der Waals surface area contributed by atoms with E-state index in [4.69, 9.17) is 4.74 Å². The van der Waals surface area contributed by atoms with Crippen LogP contribution in [0, 0.1) is 0 Å². The van der Waals surface area contributed by atoms with Crippen LogP contribution in [0.1, 0.15) is 37.0 Å². The third-order valence-corrected chi connectivity index (χ3v) is 5.01. The van der Waals surface area contributed by atoms with Gasteiger partial charge in [0.25, 0.3) is 5.91 Å². The fourth-order valence-electron chi connectivity index (χ4n) is 2.28. The van der Waals surface area contributed by atoms with Gasteiger partial charge < -0.3 is 10.1 Å². The van der Waals surface area contributed by atoms with E-state index in [9.17, 15) is 13.2 Å². The smallest absolute Gasteiger partial charge is 0.251 e. The maximum atomic E-state index is 12.0. The fourth-order valence-corrected chi connectivity index (χ4v) is 3.53. The van der Waals surface area contributed by atoms with Gasteiger partial charge in [0.1, 0.15) is 0 Å². The molecule has 1 heterocycles. The molecule has 0 aromatic heterocycles. The number of benzene rings is 1. The van der Waals surface area contributed by atoms with Gasteiger partial charge >= 0.3 is 0 Å². The standard InChI is InChI=1S/C15H22N2O4S/c1-11(2)17-22(19,20)14-7-5-12(6-8-14)15(18)16-10-13-4-3-9-21-13/h5-8,11,13,17H,3-4,9-10H2,1-2H3,(H,16,18)/t13-/m0/s1. The average Bonchev–Trinajstić information content (AvgIpc) is 2.97. The summed E-state index contributed by atoms with van der Waals surface area (Å²) in [6.07, 6.45) is 2.06. The molecule has 2 N–H and O–H groups in total. The van der Waals surface area contributed by atoms with Gasteiger partial charge in [-0.25, -0.2) is 13.1 Å². The first-order valence-corrected chi connectivity index (χ1v) is 8.89. The predicted octanol–water partition coefficient (Wildman–Crippen LogP) is 1.28. The fraction of sp³-hybridized carbons (Fsp3) is 0.533. The second-order valence-electron chi connectivity index (χ2n) is 5.65. The third-order valence-electron chi connectivity index (χ3n) is 3.33. The van der Waals surface area contributed by atoms with Crippen molar-refractivity contribution >= 4 is 15.9 Å². The molecule has 1 aromatic carbocycles. The van der Waals surface area contributed by atoms with E-state index in [1.54, 1.807) is 13.8 Å². The molecule has 22 heavy (non-hydrogen) atoms. The van der Waals surface area contributed by atoms with Crippen molar-refractivity contribution in [2.75, 3.05) is 13.2 Å². The summed E-state index contributed by atoms with van der Waals surface area (Å²) < 4.78 is 31.9. The van der Waals surface area contributed by atoms with E-state index in [1.807, 2.05) is 0 Å². The van der Waals surface area contributed by atoms with Gasteiger partial charge in [0.05, 0.1) is 11.0 Å². The quantitative estimate of drug-likeness (QED) is 0.825. The van der Waals surface area contributed by atoms with Crippen molar-refractivity contribution in [1.82, 2.24) is 10.0 Å². The first-order valence-electron chi connectivity index (χ1n) is 7.40. The van der Waals surface area contributed by atoms with Crippen molar-refractivity contribution < 1.29 is 17.9 Å². The molecular formula is C15H22N2O4S. The van der Waals surface area contributed by atoms with Crippen LogP contribution in [-0.2, 0) is 14.8 Å². The van der Waals surface area contributed by atoms with Crippen LogP contribution in [-0.4, -0.2) is 39.6 Å². The Kier molecular flexibility index (Phi) is 5.55. The second-order valence-corrected chi connectivity index (χ2v) is 7.36. The summed E-state index contributed by atoms with van der Waals surface area (Å²) in [5.41, 5.74) is 0.432. The molecule has 0 aliphatic carbocycles. The first kappa shape index (κ1) is 16.9. The van der Waals surface area contributed by atoms with Crippen molar-refractivity contribution in [3.63, 3.8) is 0 Å². The summed E-state index contributed by atoms with van der Waals surface area (Å²) in [5.74, 6) is -0.226. The summed E-state index contributed by atoms with van der Waals surface area (Å²) >= 11 is 0. The predicted molar refractivity (Wildman–Crippen MR) is 83.2 cm³/mol. The largest absolute Gasteiger partial charge is 0.376 e. The van der Waals surface area contributed by atoms with Gasteiger partial charge in [-0.1, -0.05) is 0 Å². The Balaban J connectivity index is 1.97. The number of ether oxygens (including phenoxy) is 1. The van der Waals surface area contributed by atoms with Gasteiger partial charge in [-0.3, -0.25) is 4.79 Å². The molecule has 7 heteroatoms. The lowest BCUT2D eigenvalue weighted by molar-refractivity contribution is 0.0857. The molecule has 2 rings (SSSR count). The number of carbonyl (C=O) groups excluding carboxylic acids is 1. The molecule has 0 saturated carbocycles. The van der Waals surface area contributed by atoms with Crippen molar-refractivity contribution in [1.29, 1.82) is 0 Å². The van der Waals surface area contributed by atoms with Gasteiger partial charge in [0, 0.05) is 24.8 Å². The maximum Gasteiger partial charge on any atom is 0.251 e. The first-order chi connectivity index (χ1) is 10.4. The molecule has 1 saturated heterocycles. The Morgan fingerprint density at radius 3 is 2.55 bits per heavy atom. The number of hydrogen-bond acceptors (Lipinski definition) is 4. The van der Waals surface area contributed by atoms with Gasteiger partial charge in [-0.15, -0.1) is 0 Å². The number of rotatable bonds is 6. The van der Waals surface area contributed by atoms with Crippen LogP contribution in [0.4, 0.5) is 0 Å². The van der Waals surface area contributed by atoms with E-state index < -0.39 is 10.0 Å². The van der Waals surface area contributed by atoms with Gasteiger partial charge in [0.2, 0.25) is 10.0 Å². The molecule has 1 amide bonds. The van der Waals surface area contributed by atoms with E-state index in [0.717, 1.165) is 19.4 Å². The summed E-state index contributed by atoms with van der Waals surface area (Å²) in [6, 6.07) is 5.72. The Hall–Kier alpha value is -1.44. The van der Waals surface area contributed by atoms with Crippen LogP contribution in [0.5, 0.6) is 0 Å². The molecule has 1 atom stereocenters. The molecule has 1 aromatic rings. The molecule has 122 valence electrons. The van der Waals surface area contributed by atoms with E-state index in [-0.39, 0.29) is 22.9 Å². The van der Waals surface area contributed by atoms with E-state index in [0.29, 0.717) is 12.1 Å². The average molecular weight is 326 g/mol. The normalized spacial score (nSPS) is 18.6. The minimum absolute atomic E-state index is 0.0823. The Bertz CT molecular complexity index is 605. The lowest BCUT2D eigenvalue weighted by Gasteiger charge is -2.12. The number of carbonyl (C=O) groups is 1. The Morgan fingerprint density at radius 1 is 1.32 bits per heavy atom. The van der Waals surface area contributed by atoms with Crippen LogP contribution in [0.2, 0.25) is 0 Å². The van der Waals surface area contributed by atoms with Crippen molar-refractivity contribution in [3.8, 4) is 0 Å². The minimum Gasteiger partial charge on any atom is -0.376 e. The van der Waals surface area contributed by atoms with Crippen LogP contribution >= 0.6 is 0 Å². The second kappa shape index (κ2) is 7.21. The zero-order valence-electron chi connectivity index (χ0n) is 12.8. The van der Waals surface area contributed by atoms with Crippen LogP contribution < -0.4 is 10.0 Å². The molecule has 0 unspecified atom stereocenters. The summed E-state index contributed by atoms with van der Waals surface area (Å²) in [6.45, 7) is 4.73. The highest BCUT2D eigenvalue weighted by molar-refractivity contribution is 7.89. The highest BCUT2D eigenvalue weighted by Crippen LogP contribution is 2.13. The Labute approximate surface area is 131 Å². The minimum atomic E-state index is -3.53. The Morgan fingerprint density at radius 2 is 2.00 bits per heavy atom. The van der Waals surface area contributed by atoms with E-state index in [1.165, 1.54) is 24.3 Å². The molecule has 6 nitrogen and oxygen atoms in total. The number of sulfonamides is 1. The molecule has 0 spiro atoms. The number of nitrogens with one attached hydrogen (secondary N) is 2. The summed E-state index contributed by atoms with van der Waals surface area (Å²) in [4.78, 5) is 12.2. The SMILES string of the molecule is CC(C)NS(=O)(=O)c1ccc(C(=O)NC[C@@H]2CCCO2)cc1. The number of amides is 1. The lowest BCUT2D eigenvalue weighted by Crippen LogP contribution is -2.32. The van der Waals surface area contributed by atoms with Crippen molar-refractivity contribution in [2.24, 2.45) is 0 Å². The van der Waals surface area contributed by atoms with Crippen molar-refractivity contribution in [2.45, 2.75) is 43.7 Å². The molecule has 1 fully saturated rings. The maximum absolute atomic E-state index is 12.0. The topological polar surface area (TPSA) is 84.5 Å². The van der Waals surface area contributed by atoms with E-state index >= 15 is 0 Å².